The van der Waals surface area contributed by atoms with Gasteiger partial charge in [-0.3, -0.25) is 9.79 Å². The summed E-state index contributed by atoms with van der Waals surface area (Å²) in [4.78, 5) is 15.2. The summed E-state index contributed by atoms with van der Waals surface area (Å²) in [7, 11) is 0. The number of nitrogens with one attached hydrogen (secondary N) is 1. The molecule has 0 aliphatic carbocycles. The number of amides is 1. The van der Waals surface area contributed by atoms with E-state index in [2.05, 4.69) is 10.3 Å². The van der Waals surface area contributed by atoms with Crippen LogP contribution in [0.15, 0.2) is 53.5 Å². The zero-order valence-electron chi connectivity index (χ0n) is 10.5. The Hall–Kier alpha value is -2.62. The standard InChI is InChI=1S/C15H14N2O2/c1-11(18)17-14-7-5-13(6-8-14)16-10-12-3-2-4-15(19)9-12/h2-10,19H,1H3,(H,17,18). The first-order valence-corrected chi connectivity index (χ1v) is 5.84. The molecule has 0 aliphatic rings. The number of hydrogen-bond donors (Lipinski definition) is 2. The molecule has 0 saturated carbocycles. The molecule has 2 N–H and O–H groups in total. The first kappa shape index (κ1) is 12.8. The normalized spacial score (nSPS) is 10.6. The van der Waals surface area contributed by atoms with E-state index in [-0.39, 0.29) is 11.7 Å². The lowest BCUT2D eigenvalue weighted by Crippen LogP contribution is -2.04. The quantitative estimate of drug-likeness (QED) is 0.827. The summed E-state index contributed by atoms with van der Waals surface area (Å²) in [6.45, 7) is 1.47. The van der Waals surface area contributed by atoms with Crippen molar-refractivity contribution in [2.45, 2.75) is 6.92 Å². The van der Waals surface area contributed by atoms with Crippen LogP contribution in [0.25, 0.3) is 0 Å². The van der Waals surface area contributed by atoms with E-state index in [9.17, 15) is 9.90 Å². The SMILES string of the molecule is CC(=O)Nc1ccc(N=Cc2cccc(O)c2)cc1. The molecule has 0 saturated heterocycles. The minimum absolute atomic E-state index is 0.101. The lowest BCUT2D eigenvalue weighted by Gasteiger charge is -2.01. The van der Waals surface area contributed by atoms with Gasteiger partial charge in [-0.1, -0.05) is 12.1 Å². The molecule has 1 amide bonds. The molecule has 0 atom stereocenters. The molecular weight excluding hydrogens is 240 g/mol. The van der Waals surface area contributed by atoms with Crippen LogP contribution in [0.2, 0.25) is 0 Å². The van der Waals surface area contributed by atoms with E-state index in [0.717, 1.165) is 16.9 Å². The van der Waals surface area contributed by atoms with Gasteiger partial charge in [0.2, 0.25) is 5.91 Å². The van der Waals surface area contributed by atoms with E-state index in [4.69, 9.17) is 0 Å². The highest BCUT2D eigenvalue weighted by molar-refractivity contribution is 5.89. The number of aliphatic imine (C=N–C) groups is 1. The van der Waals surface area contributed by atoms with Crippen molar-refractivity contribution in [3.8, 4) is 5.75 Å². The zero-order valence-corrected chi connectivity index (χ0v) is 10.5. The molecule has 2 rings (SSSR count). The summed E-state index contributed by atoms with van der Waals surface area (Å²) in [6, 6.07) is 14.1. The molecule has 0 fully saturated rings. The van der Waals surface area contributed by atoms with E-state index in [1.165, 1.54) is 6.92 Å². The molecule has 4 heteroatoms. The molecule has 2 aromatic rings. The Labute approximate surface area is 111 Å². The molecule has 0 unspecified atom stereocenters. The molecule has 96 valence electrons. The van der Waals surface area contributed by atoms with Crippen LogP contribution < -0.4 is 5.32 Å². The molecule has 19 heavy (non-hydrogen) atoms. The van der Waals surface area contributed by atoms with Crippen LogP contribution in [-0.2, 0) is 4.79 Å². The third kappa shape index (κ3) is 3.96. The first-order valence-electron chi connectivity index (χ1n) is 5.84. The Morgan fingerprint density at radius 1 is 1.21 bits per heavy atom. The van der Waals surface area contributed by atoms with Crippen molar-refractivity contribution >= 4 is 23.5 Å². The molecule has 0 aliphatic heterocycles. The van der Waals surface area contributed by atoms with Gasteiger partial charge in [0.05, 0.1) is 5.69 Å². The maximum absolute atomic E-state index is 10.9. The fraction of sp³-hybridized carbons (Fsp3) is 0.0667. The molecular formula is C15H14N2O2. The summed E-state index contributed by atoms with van der Waals surface area (Å²) in [6.07, 6.45) is 1.67. The van der Waals surface area contributed by atoms with Gasteiger partial charge in [0.25, 0.3) is 0 Å². The molecule has 0 bridgehead atoms. The van der Waals surface area contributed by atoms with Crippen LogP contribution in [-0.4, -0.2) is 17.2 Å². The van der Waals surface area contributed by atoms with E-state index in [0.29, 0.717) is 0 Å². The van der Waals surface area contributed by atoms with Gasteiger partial charge in [-0.15, -0.1) is 0 Å². The molecule has 0 radical (unpaired) electrons. The Bertz CT molecular complexity index is 604. The highest BCUT2D eigenvalue weighted by Crippen LogP contribution is 2.17. The van der Waals surface area contributed by atoms with E-state index >= 15 is 0 Å². The van der Waals surface area contributed by atoms with Gasteiger partial charge in [0.1, 0.15) is 5.75 Å². The van der Waals surface area contributed by atoms with Crippen molar-refractivity contribution < 1.29 is 9.90 Å². The number of phenolic OH excluding ortho intramolecular Hbond substituents is 1. The number of carbonyl (C=O) groups is 1. The van der Waals surface area contributed by atoms with Gasteiger partial charge < -0.3 is 10.4 Å². The largest absolute Gasteiger partial charge is 0.508 e. The number of phenols is 1. The predicted molar refractivity (Wildman–Crippen MR) is 76.1 cm³/mol. The smallest absolute Gasteiger partial charge is 0.221 e. The van der Waals surface area contributed by atoms with Crippen molar-refractivity contribution in [3.63, 3.8) is 0 Å². The van der Waals surface area contributed by atoms with Gasteiger partial charge in [0.15, 0.2) is 0 Å². The number of rotatable bonds is 3. The Morgan fingerprint density at radius 3 is 2.58 bits per heavy atom. The fourth-order valence-electron chi connectivity index (χ4n) is 1.59. The summed E-state index contributed by atoms with van der Waals surface area (Å²) in [5.74, 6) is 0.112. The number of anilines is 1. The zero-order chi connectivity index (χ0) is 13.7. The summed E-state index contributed by atoms with van der Waals surface area (Å²) >= 11 is 0. The van der Waals surface area contributed by atoms with Crippen molar-refractivity contribution in [1.29, 1.82) is 0 Å². The van der Waals surface area contributed by atoms with Crippen LogP contribution >= 0.6 is 0 Å². The van der Waals surface area contributed by atoms with Gasteiger partial charge in [-0.25, -0.2) is 0 Å². The Kier molecular flexibility index (Phi) is 3.93. The number of aromatic hydroxyl groups is 1. The second-order valence-electron chi connectivity index (χ2n) is 4.08. The van der Waals surface area contributed by atoms with Gasteiger partial charge in [-0.2, -0.15) is 0 Å². The lowest BCUT2D eigenvalue weighted by atomic mass is 10.2. The Balaban J connectivity index is 2.09. The summed E-state index contributed by atoms with van der Waals surface area (Å²) in [5.41, 5.74) is 2.34. The monoisotopic (exact) mass is 254 g/mol. The predicted octanol–water partition coefficient (Wildman–Crippen LogP) is 3.10. The molecule has 2 aromatic carbocycles. The molecule has 0 heterocycles. The van der Waals surface area contributed by atoms with Crippen molar-refractivity contribution in [2.75, 3.05) is 5.32 Å². The highest BCUT2D eigenvalue weighted by Gasteiger charge is 1.95. The van der Waals surface area contributed by atoms with Crippen LogP contribution in [0.3, 0.4) is 0 Å². The third-order valence-corrected chi connectivity index (χ3v) is 2.42. The molecule has 4 nitrogen and oxygen atoms in total. The number of nitrogens with zero attached hydrogens (tertiary/aromatic N) is 1. The average molecular weight is 254 g/mol. The maximum atomic E-state index is 10.9. The average Bonchev–Trinajstić information content (AvgIpc) is 2.37. The minimum atomic E-state index is -0.101. The molecule has 0 spiro atoms. The lowest BCUT2D eigenvalue weighted by molar-refractivity contribution is -0.114. The second-order valence-corrected chi connectivity index (χ2v) is 4.08. The minimum Gasteiger partial charge on any atom is -0.508 e. The van der Waals surface area contributed by atoms with Crippen LogP contribution in [0, 0.1) is 0 Å². The number of benzene rings is 2. The van der Waals surface area contributed by atoms with Crippen molar-refractivity contribution in [2.24, 2.45) is 4.99 Å². The van der Waals surface area contributed by atoms with E-state index < -0.39 is 0 Å². The topological polar surface area (TPSA) is 61.7 Å². The number of hydrogen-bond acceptors (Lipinski definition) is 3. The fourth-order valence-corrected chi connectivity index (χ4v) is 1.59. The first-order chi connectivity index (χ1) is 9.13. The third-order valence-electron chi connectivity index (χ3n) is 2.42. The van der Waals surface area contributed by atoms with Crippen LogP contribution in [0.5, 0.6) is 5.75 Å². The summed E-state index contributed by atoms with van der Waals surface area (Å²) < 4.78 is 0. The van der Waals surface area contributed by atoms with Crippen LogP contribution in [0.4, 0.5) is 11.4 Å². The van der Waals surface area contributed by atoms with E-state index in [1.807, 2.05) is 18.2 Å². The van der Waals surface area contributed by atoms with E-state index in [1.54, 1.807) is 36.5 Å². The van der Waals surface area contributed by atoms with Gasteiger partial charge in [-0.05, 0) is 42.0 Å². The second kappa shape index (κ2) is 5.82. The molecule has 0 aromatic heterocycles. The van der Waals surface area contributed by atoms with Gasteiger partial charge in [0, 0.05) is 18.8 Å². The number of carbonyl (C=O) groups excluding carboxylic acids is 1. The van der Waals surface area contributed by atoms with Crippen molar-refractivity contribution in [1.82, 2.24) is 0 Å². The highest BCUT2D eigenvalue weighted by atomic mass is 16.3. The van der Waals surface area contributed by atoms with Gasteiger partial charge >= 0.3 is 0 Å². The van der Waals surface area contributed by atoms with Crippen LogP contribution in [0.1, 0.15) is 12.5 Å². The van der Waals surface area contributed by atoms with Crippen molar-refractivity contribution in [3.05, 3.63) is 54.1 Å². The maximum Gasteiger partial charge on any atom is 0.221 e. The summed E-state index contributed by atoms with van der Waals surface area (Å²) in [5, 5.41) is 12.0. The Morgan fingerprint density at radius 2 is 1.95 bits per heavy atom.